The first kappa shape index (κ1) is 12.1. The summed E-state index contributed by atoms with van der Waals surface area (Å²) in [6.45, 7) is 0. The van der Waals surface area contributed by atoms with Crippen LogP contribution in [0.2, 0.25) is 0 Å². The summed E-state index contributed by atoms with van der Waals surface area (Å²) in [6.07, 6.45) is 11.3. The number of rotatable bonds is 1. The molecule has 0 heteroatoms. The van der Waals surface area contributed by atoms with Crippen LogP contribution in [0.3, 0.4) is 0 Å². The standard InChI is InChI=1S/C20H12/c1-3-15-10-7-11-16(4-2)20(15)19-14-8-12-17-9-5-6-13-18(17)19/h1-2,5-14H. The van der Waals surface area contributed by atoms with Crippen molar-refractivity contribution < 1.29 is 0 Å². The average Bonchev–Trinajstić information content (AvgIpc) is 2.53. The highest BCUT2D eigenvalue weighted by Crippen LogP contribution is 2.33. The highest BCUT2D eigenvalue weighted by atomic mass is 14.1. The van der Waals surface area contributed by atoms with E-state index in [1.165, 1.54) is 5.39 Å². The molecule has 20 heavy (non-hydrogen) atoms. The van der Waals surface area contributed by atoms with Gasteiger partial charge in [-0.05, 0) is 28.5 Å². The molecule has 0 saturated carbocycles. The SMILES string of the molecule is C#Cc1cccc(C#C)c1-c1cccc2ccccc12. The molecule has 3 aromatic carbocycles. The largest absolute Gasteiger partial charge is 0.115 e. The fourth-order valence-electron chi connectivity index (χ4n) is 2.53. The van der Waals surface area contributed by atoms with Crippen molar-refractivity contribution in [3.8, 4) is 35.8 Å². The lowest BCUT2D eigenvalue weighted by Crippen LogP contribution is -1.90. The molecule has 0 aromatic heterocycles. The Bertz CT molecular complexity index is 833. The Kier molecular flexibility index (Phi) is 3.00. The molecule has 0 aliphatic rings. The van der Waals surface area contributed by atoms with E-state index in [0.717, 1.165) is 27.6 Å². The van der Waals surface area contributed by atoms with Gasteiger partial charge in [0.25, 0.3) is 0 Å². The fourth-order valence-corrected chi connectivity index (χ4v) is 2.53. The number of terminal acetylenes is 2. The molecule has 0 spiro atoms. The molecule has 0 amide bonds. The zero-order valence-corrected chi connectivity index (χ0v) is 10.9. The normalized spacial score (nSPS) is 9.90. The lowest BCUT2D eigenvalue weighted by Gasteiger charge is -2.11. The molecule has 0 nitrogen and oxygen atoms in total. The summed E-state index contributed by atoms with van der Waals surface area (Å²) in [5.74, 6) is 5.48. The molecule has 0 unspecified atom stereocenters. The average molecular weight is 252 g/mol. The quantitative estimate of drug-likeness (QED) is 0.560. The Labute approximate surface area is 119 Å². The number of fused-ring (bicyclic) bond motifs is 1. The maximum absolute atomic E-state index is 5.64. The van der Waals surface area contributed by atoms with E-state index in [1.54, 1.807) is 0 Å². The molecule has 0 fully saturated rings. The molecule has 0 bridgehead atoms. The predicted molar refractivity (Wildman–Crippen MR) is 85.3 cm³/mol. The van der Waals surface area contributed by atoms with Crippen LogP contribution in [0.1, 0.15) is 11.1 Å². The van der Waals surface area contributed by atoms with Crippen molar-refractivity contribution in [3.05, 3.63) is 71.8 Å². The zero-order valence-electron chi connectivity index (χ0n) is 10.9. The van der Waals surface area contributed by atoms with Gasteiger partial charge in [-0.1, -0.05) is 60.4 Å². The van der Waals surface area contributed by atoms with Gasteiger partial charge in [0.1, 0.15) is 0 Å². The van der Waals surface area contributed by atoms with Gasteiger partial charge in [0.2, 0.25) is 0 Å². The molecular formula is C20H12. The van der Waals surface area contributed by atoms with Gasteiger partial charge < -0.3 is 0 Å². The van der Waals surface area contributed by atoms with E-state index in [4.69, 9.17) is 12.8 Å². The first-order valence-electron chi connectivity index (χ1n) is 6.39. The van der Waals surface area contributed by atoms with Crippen LogP contribution in [-0.2, 0) is 0 Å². The maximum Gasteiger partial charge on any atom is 0.0333 e. The smallest absolute Gasteiger partial charge is 0.0333 e. The van der Waals surface area contributed by atoms with E-state index in [0.29, 0.717) is 0 Å². The van der Waals surface area contributed by atoms with Gasteiger partial charge in [-0.25, -0.2) is 0 Å². The second-order valence-electron chi connectivity index (χ2n) is 4.54. The molecule has 3 rings (SSSR count). The molecule has 0 radical (unpaired) electrons. The highest BCUT2D eigenvalue weighted by Gasteiger charge is 2.10. The third-order valence-electron chi connectivity index (χ3n) is 3.43. The first-order valence-corrected chi connectivity index (χ1v) is 6.39. The van der Waals surface area contributed by atoms with Crippen molar-refractivity contribution in [2.24, 2.45) is 0 Å². The van der Waals surface area contributed by atoms with Crippen LogP contribution in [0.4, 0.5) is 0 Å². The van der Waals surface area contributed by atoms with E-state index >= 15 is 0 Å². The Morgan fingerprint density at radius 1 is 0.650 bits per heavy atom. The zero-order chi connectivity index (χ0) is 13.9. The monoisotopic (exact) mass is 252 g/mol. The summed E-state index contributed by atoms with van der Waals surface area (Å²) < 4.78 is 0. The molecule has 92 valence electrons. The lowest BCUT2D eigenvalue weighted by atomic mass is 9.91. The molecular weight excluding hydrogens is 240 g/mol. The van der Waals surface area contributed by atoms with Crippen LogP contribution < -0.4 is 0 Å². The summed E-state index contributed by atoms with van der Waals surface area (Å²) in [6, 6.07) is 20.2. The van der Waals surface area contributed by atoms with Crippen LogP contribution in [0.5, 0.6) is 0 Å². The van der Waals surface area contributed by atoms with Gasteiger partial charge in [0.15, 0.2) is 0 Å². The summed E-state index contributed by atoms with van der Waals surface area (Å²) in [4.78, 5) is 0. The van der Waals surface area contributed by atoms with Crippen molar-refractivity contribution in [2.45, 2.75) is 0 Å². The second kappa shape index (κ2) is 4.96. The van der Waals surface area contributed by atoms with Crippen molar-refractivity contribution in [2.75, 3.05) is 0 Å². The third kappa shape index (κ3) is 1.85. The number of hydrogen-bond donors (Lipinski definition) is 0. The predicted octanol–water partition coefficient (Wildman–Crippen LogP) is 4.47. The molecule has 0 aliphatic heterocycles. The molecule has 0 heterocycles. The van der Waals surface area contributed by atoms with Gasteiger partial charge in [-0.2, -0.15) is 0 Å². The van der Waals surface area contributed by atoms with E-state index < -0.39 is 0 Å². The van der Waals surface area contributed by atoms with Gasteiger partial charge in [-0.15, -0.1) is 12.8 Å². The van der Waals surface area contributed by atoms with Gasteiger partial charge in [-0.3, -0.25) is 0 Å². The van der Waals surface area contributed by atoms with Crippen LogP contribution in [-0.4, -0.2) is 0 Å². The minimum Gasteiger partial charge on any atom is -0.115 e. The van der Waals surface area contributed by atoms with Crippen LogP contribution in [0.15, 0.2) is 60.7 Å². The molecule has 0 saturated heterocycles. The topological polar surface area (TPSA) is 0 Å². The second-order valence-corrected chi connectivity index (χ2v) is 4.54. The Balaban J connectivity index is 2.44. The number of hydrogen-bond acceptors (Lipinski definition) is 0. The third-order valence-corrected chi connectivity index (χ3v) is 3.43. The molecule has 0 aliphatic carbocycles. The van der Waals surface area contributed by atoms with E-state index in [1.807, 2.05) is 36.4 Å². The first-order chi connectivity index (χ1) is 9.85. The van der Waals surface area contributed by atoms with Gasteiger partial charge in [0.05, 0.1) is 0 Å². The molecule has 0 atom stereocenters. The summed E-state index contributed by atoms with van der Waals surface area (Å²) in [7, 11) is 0. The Morgan fingerprint density at radius 2 is 1.25 bits per heavy atom. The Hall–Kier alpha value is -2.96. The lowest BCUT2D eigenvalue weighted by molar-refractivity contribution is 1.57. The van der Waals surface area contributed by atoms with E-state index in [2.05, 4.69) is 36.1 Å². The van der Waals surface area contributed by atoms with Crippen molar-refractivity contribution >= 4 is 10.8 Å². The van der Waals surface area contributed by atoms with Crippen molar-refractivity contribution in [1.82, 2.24) is 0 Å². The maximum atomic E-state index is 5.64. The summed E-state index contributed by atoms with van der Waals surface area (Å²) in [5, 5.41) is 2.34. The minimum atomic E-state index is 0.830. The van der Waals surface area contributed by atoms with Crippen molar-refractivity contribution in [1.29, 1.82) is 0 Å². The summed E-state index contributed by atoms with van der Waals surface area (Å²) in [5.41, 5.74) is 3.72. The van der Waals surface area contributed by atoms with Crippen LogP contribution in [0, 0.1) is 24.7 Å². The van der Waals surface area contributed by atoms with Gasteiger partial charge in [0, 0.05) is 16.7 Å². The van der Waals surface area contributed by atoms with Gasteiger partial charge >= 0.3 is 0 Å². The van der Waals surface area contributed by atoms with E-state index in [9.17, 15) is 0 Å². The van der Waals surface area contributed by atoms with Crippen molar-refractivity contribution in [3.63, 3.8) is 0 Å². The van der Waals surface area contributed by atoms with Crippen LogP contribution >= 0.6 is 0 Å². The number of benzene rings is 3. The Morgan fingerprint density at radius 3 is 1.95 bits per heavy atom. The summed E-state index contributed by atoms with van der Waals surface area (Å²) >= 11 is 0. The van der Waals surface area contributed by atoms with Crippen LogP contribution in [0.25, 0.3) is 21.9 Å². The molecule has 3 aromatic rings. The fraction of sp³-hybridized carbons (Fsp3) is 0. The minimum absolute atomic E-state index is 0.830. The highest BCUT2D eigenvalue weighted by molar-refractivity contribution is 5.99. The van der Waals surface area contributed by atoms with E-state index in [-0.39, 0.29) is 0 Å². The molecule has 0 N–H and O–H groups in total.